The lowest BCUT2D eigenvalue weighted by molar-refractivity contribution is -0.126. The Bertz CT molecular complexity index is 475. The van der Waals surface area contributed by atoms with Crippen LogP contribution in [0.5, 0.6) is 0 Å². The molecule has 1 N–H and O–H groups in total. The van der Waals surface area contributed by atoms with Crippen LogP contribution in [0.1, 0.15) is 50.2 Å². The molecule has 1 saturated carbocycles. The van der Waals surface area contributed by atoms with E-state index in [2.05, 4.69) is 20.4 Å². The predicted molar refractivity (Wildman–Crippen MR) is 73.2 cm³/mol. The van der Waals surface area contributed by atoms with E-state index in [9.17, 15) is 4.79 Å². The fourth-order valence-corrected chi connectivity index (χ4v) is 2.73. The molecule has 0 radical (unpaired) electrons. The van der Waals surface area contributed by atoms with Gasteiger partial charge in [-0.3, -0.25) is 9.69 Å². The number of aromatic nitrogens is 2. The van der Waals surface area contributed by atoms with Crippen molar-refractivity contribution in [3.8, 4) is 0 Å². The lowest BCUT2D eigenvalue weighted by Gasteiger charge is -2.34. The van der Waals surface area contributed by atoms with Crippen LogP contribution in [-0.4, -0.2) is 46.1 Å². The molecule has 2 heterocycles. The van der Waals surface area contributed by atoms with Crippen LogP contribution in [0.25, 0.3) is 0 Å². The van der Waals surface area contributed by atoms with E-state index in [-0.39, 0.29) is 11.9 Å². The van der Waals surface area contributed by atoms with Crippen molar-refractivity contribution in [3.05, 3.63) is 11.7 Å². The van der Waals surface area contributed by atoms with Gasteiger partial charge in [0.2, 0.25) is 11.8 Å². The van der Waals surface area contributed by atoms with Crippen LogP contribution < -0.4 is 5.32 Å². The fraction of sp³-hybridized carbons (Fsp3) is 0.786. The number of carbonyl (C=O) groups is 1. The zero-order valence-electron chi connectivity index (χ0n) is 12.1. The Morgan fingerprint density at radius 3 is 2.60 bits per heavy atom. The summed E-state index contributed by atoms with van der Waals surface area (Å²) in [4.78, 5) is 18.6. The van der Waals surface area contributed by atoms with Crippen molar-refractivity contribution < 1.29 is 9.32 Å². The lowest BCUT2D eigenvalue weighted by atomic mass is 9.95. The van der Waals surface area contributed by atoms with Crippen molar-refractivity contribution in [2.24, 2.45) is 0 Å². The molecule has 20 heavy (non-hydrogen) atoms. The Morgan fingerprint density at radius 2 is 2.05 bits per heavy atom. The molecule has 2 aliphatic rings. The summed E-state index contributed by atoms with van der Waals surface area (Å²) in [5.41, 5.74) is 0. The van der Waals surface area contributed by atoms with Crippen LogP contribution >= 0.6 is 0 Å². The minimum absolute atomic E-state index is 0.0408. The molecule has 1 saturated heterocycles. The van der Waals surface area contributed by atoms with Gasteiger partial charge in [0.15, 0.2) is 5.82 Å². The van der Waals surface area contributed by atoms with Crippen molar-refractivity contribution in [2.45, 2.75) is 57.5 Å². The molecular formula is C14H22N4O2. The van der Waals surface area contributed by atoms with E-state index in [4.69, 9.17) is 4.52 Å². The number of nitrogens with zero attached hydrogens (tertiary/aromatic N) is 3. The number of likely N-dealkylation sites (tertiary alicyclic amines) is 1. The number of hydrogen-bond acceptors (Lipinski definition) is 5. The Morgan fingerprint density at radius 1 is 1.35 bits per heavy atom. The van der Waals surface area contributed by atoms with E-state index in [1.54, 1.807) is 0 Å². The zero-order valence-corrected chi connectivity index (χ0v) is 12.1. The molecule has 0 spiro atoms. The summed E-state index contributed by atoms with van der Waals surface area (Å²) < 4.78 is 5.25. The van der Waals surface area contributed by atoms with Crippen LogP contribution in [-0.2, 0) is 4.79 Å². The first-order valence-corrected chi connectivity index (χ1v) is 7.48. The number of carbonyl (C=O) groups excluding carboxylic acids is 1. The Balaban J connectivity index is 1.51. The number of piperidine rings is 1. The molecule has 3 rings (SSSR count). The van der Waals surface area contributed by atoms with Crippen molar-refractivity contribution in [1.82, 2.24) is 20.4 Å². The van der Waals surface area contributed by atoms with Crippen molar-refractivity contribution in [2.75, 3.05) is 13.1 Å². The summed E-state index contributed by atoms with van der Waals surface area (Å²) in [6.45, 7) is 5.65. The van der Waals surface area contributed by atoms with Crippen LogP contribution in [0.2, 0.25) is 0 Å². The van der Waals surface area contributed by atoms with Crippen molar-refractivity contribution in [3.63, 3.8) is 0 Å². The zero-order chi connectivity index (χ0) is 14.1. The monoisotopic (exact) mass is 278 g/mol. The Labute approximate surface area is 118 Å². The minimum Gasteiger partial charge on any atom is -0.352 e. The summed E-state index contributed by atoms with van der Waals surface area (Å²) in [6, 6.07) is 0.393. The molecule has 1 unspecified atom stereocenters. The van der Waals surface area contributed by atoms with Gasteiger partial charge >= 0.3 is 0 Å². The first kappa shape index (κ1) is 13.5. The summed E-state index contributed by atoms with van der Waals surface area (Å²) >= 11 is 0. The molecular weight excluding hydrogens is 256 g/mol. The molecule has 1 aromatic rings. The van der Waals surface area contributed by atoms with E-state index >= 15 is 0 Å². The summed E-state index contributed by atoms with van der Waals surface area (Å²) in [5.74, 6) is 1.95. The highest BCUT2D eigenvalue weighted by Gasteiger charge is 2.31. The number of hydrogen-bond donors (Lipinski definition) is 1. The van der Waals surface area contributed by atoms with E-state index in [1.165, 1.54) is 0 Å². The number of amides is 1. The van der Waals surface area contributed by atoms with Crippen molar-refractivity contribution >= 4 is 5.91 Å². The molecule has 6 nitrogen and oxygen atoms in total. The number of aryl methyl sites for hydroxylation is 1. The molecule has 6 heteroatoms. The van der Waals surface area contributed by atoms with Crippen LogP contribution in [0.3, 0.4) is 0 Å². The first-order chi connectivity index (χ1) is 9.63. The molecule has 110 valence electrons. The van der Waals surface area contributed by atoms with Gasteiger partial charge < -0.3 is 9.84 Å². The lowest BCUT2D eigenvalue weighted by Crippen LogP contribution is -2.48. The van der Waals surface area contributed by atoms with Crippen LogP contribution in [0.4, 0.5) is 0 Å². The van der Waals surface area contributed by atoms with Crippen LogP contribution in [0.15, 0.2) is 4.52 Å². The standard InChI is InChI=1S/C14H22N4O2/c1-9(13(19)16-12-3-4-12)18-7-5-11(6-8-18)14-15-10(2)17-20-14/h9,11-12H,3-8H2,1-2H3,(H,16,19). The topological polar surface area (TPSA) is 71.3 Å². The normalized spacial score (nSPS) is 22.7. The number of nitrogens with one attached hydrogen (secondary N) is 1. The average molecular weight is 278 g/mol. The summed E-state index contributed by atoms with van der Waals surface area (Å²) in [5, 5.41) is 6.93. The minimum atomic E-state index is -0.0408. The van der Waals surface area contributed by atoms with E-state index in [0.717, 1.165) is 44.7 Å². The maximum Gasteiger partial charge on any atom is 0.237 e. The molecule has 0 bridgehead atoms. The van der Waals surface area contributed by atoms with E-state index in [0.29, 0.717) is 17.8 Å². The maximum atomic E-state index is 12.1. The molecule has 2 fully saturated rings. The molecule has 1 atom stereocenters. The van der Waals surface area contributed by atoms with Gasteiger partial charge in [0.1, 0.15) is 0 Å². The number of rotatable bonds is 4. The first-order valence-electron chi connectivity index (χ1n) is 7.48. The molecule has 1 aliphatic heterocycles. The second kappa shape index (κ2) is 5.52. The third-order valence-corrected chi connectivity index (χ3v) is 4.27. The van der Waals surface area contributed by atoms with Gasteiger partial charge in [-0.15, -0.1) is 0 Å². The van der Waals surface area contributed by atoms with Gasteiger partial charge in [0.05, 0.1) is 6.04 Å². The highest BCUT2D eigenvalue weighted by atomic mass is 16.5. The Hall–Kier alpha value is -1.43. The SMILES string of the molecule is Cc1noc(C2CCN(C(C)C(=O)NC3CC3)CC2)n1. The molecule has 1 amide bonds. The van der Waals surface area contributed by atoms with E-state index < -0.39 is 0 Å². The van der Waals surface area contributed by atoms with E-state index in [1.807, 2.05) is 13.8 Å². The Kier molecular flexibility index (Phi) is 3.74. The highest BCUT2D eigenvalue weighted by Crippen LogP contribution is 2.28. The molecule has 0 aromatic carbocycles. The third-order valence-electron chi connectivity index (χ3n) is 4.27. The van der Waals surface area contributed by atoms with Crippen LogP contribution in [0, 0.1) is 6.92 Å². The second-order valence-electron chi connectivity index (χ2n) is 5.95. The predicted octanol–water partition coefficient (Wildman–Crippen LogP) is 1.22. The van der Waals surface area contributed by atoms with Gasteiger partial charge in [0, 0.05) is 12.0 Å². The largest absolute Gasteiger partial charge is 0.352 e. The van der Waals surface area contributed by atoms with Gasteiger partial charge in [-0.2, -0.15) is 4.98 Å². The maximum absolute atomic E-state index is 12.1. The average Bonchev–Trinajstić information content (AvgIpc) is 3.17. The second-order valence-corrected chi connectivity index (χ2v) is 5.95. The fourth-order valence-electron chi connectivity index (χ4n) is 2.73. The van der Waals surface area contributed by atoms with Gasteiger partial charge in [-0.25, -0.2) is 0 Å². The summed E-state index contributed by atoms with van der Waals surface area (Å²) in [6.07, 6.45) is 4.22. The van der Waals surface area contributed by atoms with Crippen molar-refractivity contribution in [1.29, 1.82) is 0 Å². The van der Waals surface area contributed by atoms with Gasteiger partial charge in [0.25, 0.3) is 0 Å². The highest BCUT2D eigenvalue weighted by molar-refractivity contribution is 5.81. The van der Waals surface area contributed by atoms with Gasteiger partial charge in [-0.1, -0.05) is 5.16 Å². The third kappa shape index (κ3) is 3.00. The summed E-state index contributed by atoms with van der Waals surface area (Å²) in [7, 11) is 0. The quantitative estimate of drug-likeness (QED) is 0.896. The van der Waals surface area contributed by atoms with Gasteiger partial charge in [-0.05, 0) is 52.6 Å². The molecule has 1 aromatic heterocycles. The smallest absolute Gasteiger partial charge is 0.237 e. The molecule has 1 aliphatic carbocycles.